The summed E-state index contributed by atoms with van der Waals surface area (Å²) in [5.41, 5.74) is 1.33. The molecule has 0 aromatic heterocycles. The molecule has 28 heavy (non-hydrogen) atoms. The number of esters is 3. The van der Waals surface area contributed by atoms with Gasteiger partial charge in [0.2, 0.25) is 0 Å². The first kappa shape index (κ1) is 20.4. The fourth-order valence-electron chi connectivity index (χ4n) is 5.42. The molecule has 1 saturated carbocycles. The third kappa shape index (κ3) is 3.29. The summed E-state index contributed by atoms with van der Waals surface area (Å²) in [7, 11) is 1.44. The Kier molecular flexibility index (Phi) is 5.26. The molecule has 0 amide bonds. The smallest absolute Gasteiger partial charge is 0.311 e. The molecule has 2 aliphatic carbocycles. The van der Waals surface area contributed by atoms with Crippen molar-refractivity contribution in [3.8, 4) is 11.5 Å². The average molecular weight is 388 g/mol. The average Bonchev–Trinajstić information content (AvgIpc) is 2.61. The minimum Gasteiger partial charge on any atom is -0.469 e. The van der Waals surface area contributed by atoms with Gasteiger partial charge in [0.15, 0.2) is 11.5 Å². The van der Waals surface area contributed by atoms with E-state index in [2.05, 4.69) is 6.92 Å². The largest absolute Gasteiger partial charge is 0.469 e. The van der Waals surface area contributed by atoms with E-state index in [1.54, 1.807) is 6.07 Å². The summed E-state index contributed by atoms with van der Waals surface area (Å²) in [6.45, 7) is 6.82. The van der Waals surface area contributed by atoms with E-state index < -0.39 is 17.4 Å². The molecule has 0 heterocycles. The van der Waals surface area contributed by atoms with Crippen molar-refractivity contribution in [2.45, 2.75) is 65.2 Å². The third-order valence-corrected chi connectivity index (χ3v) is 6.58. The molecule has 0 bridgehead atoms. The maximum atomic E-state index is 12.6. The quantitative estimate of drug-likeness (QED) is 0.580. The molecule has 0 radical (unpaired) electrons. The van der Waals surface area contributed by atoms with E-state index >= 15 is 0 Å². The summed E-state index contributed by atoms with van der Waals surface area (Å²) in [5.74, 6) is -0.483. The zero-order chi connectivity index (χ0) is 20.7. The Labute approximate surface area is 165 Å². The van der Waals surface area contributed by atoms with E-state index in [0.717, 1.165) is 43.2 Å². The summed E-state index contributed by atoms with van der Waals surface area (Å²) in [6.07, 6.45) is 4.26. The molecule has 6 nitrogen and oxygen atoms in total. The van der Waals surface area contributed by atoms with Crippen LogP contribution < -0.4 is 9.47 Å². The van der Waals surface area contributed by atoms with Crippen LogP contribution in [0.15, 0.2) is 12.1 Å². The fraction of sp³-hybridized carbons (Fsp3) is 0.591. The van der Waals surface area contributed by atoms with Crippen molar-refractivity contribution in [3.05, 3.63) is 23.3 Å². The number of methoxy groups -OCH3 is 1. The van der Waals surface area contributed by atoms with E-state index in [0.29, 0.717) is 0 Å². The third-order valence-electron chi connectivity index (χ3n) is 6.58. The summed E-state index contributed by atoms with van der Waals surface area (Å²) >= 11 is 0. The van der Waals surface area contributed by atoms with Gasteiger partial charge in [-0.05, 0) is 67.2 Å². The second-order valence-corrected chi connectivity index (χ2v) is 8.41. The molecule has 1 aromatic carbocycles. The van der Waals surface area contributed by atoms with Crippen molar-refractivity contribution >= 4 is 17.9 Å². The molecule has 0 unspecified atom stereocenters. The molecule has 1 fully saturated rings. The number of carbonyl (C=O) groups excluding carboxylic acids is 3. The number of hydrogen-bond donors (Lipinski definition) is 0. The Morgan fingerprint density at radius 2 is 1.61 bits per heavy atom. The number of ether oxygens (including phenoxy) is 3. The number of rotatable bonds is 3. The summed E-state index contributed by atoms with van der Waals surface area (Å²) in [5, 5.41) is 0. The maximum Gasteiger partial charge on any atom is 0.311 e. The Morgan fingerprint density at radius 1 is 1.00 bits per heavy atom. The van der Waals surface area contributed by atoms with Crippen LogP contribution in [0.5, 0.6) is 11.5 Å². The van der Waals surface area contributed by atoms with Crippen molar-refractivity contribution in [2.24, 2.45) is 11.3 Å². The summed E-state index contributed by atoms with van der Waals surface area (Å²) in [4.78, 5) is 35.7. The van der Waals surface area contributed by atoms with Crippen LogP contribution in [-0.4, -0.2) is 25.0 Å². The van der Waals surface area contributed by atoms with E-state index in [4.69, 9.17) is 14.2 Å². The van der Waals surface area contributed by atoms with Gasteiger partial charge in [0, 0.05) is 13.8 Å². The van der Waals surface area contributed by atoms with Crippen LogP contribution in [0.2, 0.25) is 0 Å². The molecular weight excluding hydrogens is 360 g/mol. The lowest BCUT2D eigenvalue weighted by Crippen LogP contribution is -2.52. The fourth-order valence-corrected chi connectivity index (χ4v) is 5.42. The Bertz CT molecular complexity index is 829. The highest BCUT2D eigenvalue weighted by atomic mass is 16.6. The molecule has 1 aromatic rings. The van der Waals surface area contributed by atoms with Crippen LogP contribution in [0.4, 0.5) is 0 Å². The predicted molar refractivity (Wildman–Crippen MR) is 102 cm³/mol. The van der Waals surface area contributed by atoms with E-state index in [1.807, 2.05) is 13.0 Å². The standard InChI is InChI=1S/C22H28O6/c1-13(23)27-17-11-15-7-8-19-21(3,16(15)12-18(17)28-14(2)24)9-6-10-22(19,4)20(25)26-5/h11-12,19H,6-10H2,1-5H3/t19-,21-,22+/m1/s1. The Morgan fingerprint density at radius 3 is 2.18 bits per heavy atom. The topological polar surface area (TPSA) is 78.9 Å². The molecule has 3 atom stereocenters. The molecular formula is C22H28O6. The summed E-state index contributed by atoms with van der Waals surface area (Å²) < 4.78 is 15.8. The lowest BCUT2D eigenvalue weighted by Gasteiger charge is -2.54. The van der Waals surface area contributed by atoms with Crippen molar-refractivity contribution in [3.63, 3.8) is 0 Å². The van der Waals surface area contributed by atoms with Gasteiger partial charge < -0.3 is 14.2 Å². The highest BCUT2D eigenvalue weighted by Gasteiger charge is 2.55. The van der Waals surface area contributed by atoms with Crippen LogP contribution in [0.1, 0.15) is 64.5 Å². The van der Waals surface area contributed by atoms with Gasteiger partial charge in [0.1, 0.15) is 0 Å². The molecule has 152 valence electrons. The molecule has 3 rings (SSSR count). The minimum atomic E-state index is -0.546. The van der Waals surface area contributed by atoms with E-state index in [-0.39, 0.29) is 28.8 Å². The maximum absolute atomic E-state index is 12.6. The zero-order valence-corrected chi connectivity index (χ0v) is 17.2. The Hall–Kier alpha value is -2.37. The van der Waals surface area contributed by atoms with Crippen LogP contribution in [0, 0.1) is 11.3 Å². The van der Waals surface area contributed by atoms with E-state index in [9.17, 15) is 14.4 Å². The second kappa shape index (κ2) is 7.22. The molecule has 0 spiro atoms. The minimum absolute atomic E-state index is 0.124. The number of fused-ring (bicyclic) bond motifs is 3. The van der Waals surface area contributed by atoms with Gasteiger partial charge in [0.25, 0.3) is 0 Å². The highest BCUT2D eigenvalue weighted by Crippen LogP contribution is 2.58. The molecule has 0 N–H and O–H groups in total. The normalized spacial score (nSPS) is 28.5. The van der Waals surface area contributed by atoms with Crippen LogP contribution in [0.3, 0.4) is 0 Å². The van der Waals surface area contributed by atoms with Crippen LogP contribution in [-0.2, 0) is 31.0 Å². The van der Waals surface area contributed by atoms with Gasteiger partial charge in [-0.2, -0.15) is 0 Å². The van der Waals surface area contributed by atoms with Crippen molar-refractivity contribution < 1.29 is 28.6 Å². The summed E-state index contributed by atoms with van der Waals surface area (Å²) in [6, 6.07) is 3.63. The number of hydrogen-bond acceptors (Lipinski definition) is 6. The first-order valence-electron chi connectivity index (χ1n) is 9.74. The second-order valence-electron chi connectivity index (χ2n) is 8.41. The van der Waals surface area contributed by atoms with E-state index in [1.165, 1.54) is 21.0 Å². The zero-order valence-electron chi connectivity index (χ0n) is 17.2. The molecule has 2 aliphatic rings. The number of aryl methyl sites for hydroxylation is 1. The monoisotopic (exact) mass is 388 g/mol. The van der Waals surface area contributed by atoms with Crippen LogP contribution in [0.25, 0.3) is 0 Å². The highest BCUT2D eigenvalue weighted by molar-refractivity contribution is 5.78. The first-order valence-corrected chi connectivity index (χ1v) is 9.74. The SMILES string of the molecule is COC(=O)[C@@]1(C)CCC[C@]2(C)c3cc(OC(C)=O)c(OC(C)=O)cc3CC[C@@H]12. The lowest BCUT2D eigenvalue weighted by atomic mass is 9.50. The molecule has 6 heteroatoms. The van der Waals surface area contributed by atoms with Gasteiger partial charge in [0.05, 0.1) is 12.5 Å². The predicted octanol–water partition coefficient (Wildman–Crippen LogP) is 3.72. The van der Waals surface area contributed by atoms with Crippen LogP contribution >= 0.6 is 0 Å². The Balaban J connectivity index is 2.12. The van der Waals surface area contributed by atoms with Crippen molar-refractivity contribution in [1.82, 2.24) is 0 Å². The van der Waals surface area contributed by atoms with Gasteiger partial charge in [-0.15, -0.1) is 0 Å². The van der Waals surface area contributed by atoms with Gasteiger partial charge in [-0.25, -0.2) is 0 Å². The lowest BCUT2D eigenvalue weighted by molar-refractivity contribution is -0.161. The molecule has 0 aliphatic heterocycles. The van der Waals surface area contributed by atoms with Gasteiger partial charge >= 0.3 is 17.9 Å². The van der Waals surface area contributed by atoms with Crippen molar-refractivity contribution in [1.29, 1.82) is 0 Å². The number of benzene rings is 1. The number of carbonyl (C=O) groups is 3. The molecule has 0 saturated heterocycles. The van der Waals surface area contributed by atoms with Gasteiger partial charge in [-0.3, -0.25) is 14.4 Å². The van der Waals surface area contributed by atoms with Crippen molar-refractivity contribution in [2.75, 3.05) is 7.11 Å². The first-order chi connectivity index (χ1) is 13.1. The van der Waals surface area contributed by atoms with Gasteiger partial charge in [-0.1, -0.05) is 13.3 Å².